The summed E-state index contributed by atoms with van der Waals surface area (Å²) in [5.41, 5.74) is 0. The van der Waals surface area contributed by atoms with Crippen molar-refractivity contribution in [2.75, 3.05) is 32.4 Å². The van der Waals surface area contributed by atoms with Crippen molar-refractivity contribution in [2.24, 2.45) is 0 Å². The average molecular weight is 235 g/mol. The molecule has 1 unspecified atom stereocenters. The van der Waals surface area contributed by atoms with Crippen LogP contribution >= 0.6 is 0 Å². The topological polar surface area (TPSA) is 60.9 Å². The Kier molecular flexibility index (Phi) is 4.11. The van der Waals surface area contributed by atoms with Crippen LogP contribution in [-0.2, 0) is 10.0 Å². The molecule has 0 aromatic carbocycles. The molecule has 0 aliphatic carbocycles. The van der Waals surface area contributed by atoms with Gasteiger partial charge in [0.2, 0.25) is 10.0 Å². The van der Waals surface area contributed by atoms with Crippen molar-refractivity contribution in [1.29, 1.82) is 0 Å². The third-order valence-corrected chi connectivity index (χ3v) is 3.63. The van der Waals surface area contributed by atoms with Crippen LogP contribution in [0.2, 0.25) is 0 Å². The summed E-state index contributed by atoms with van der Waals surface area (Å²) in [6.07, 6.45) is 0.219. The second-order valence-electron chi connectivity index (χ2n) is 4.30. The van der Waals surface area contributed by atoms with Crippen LogP contribution in [0.4, 0.5) is 0 Å². The van der Waals surface area contributed by atoms with Gasteiger partial charge in [0.05, 0.1) is 6.26 Å². The van der Waals surface area contributed by atoms with Gasteiger partial charge in [-0.15, -0.1) is 0 Å². The van der Waals surface area contributed by atoms with Crippen LogP contribution in [0.3, 0.4) is 0 Å². The first-order valence-electron chi connectivity index (χ1n) is 4.97. The molecule has 0 bridgehead atoms. The quantitative estimate of drug-likeness (QED) is 0.716. The van der Waals surface area contributed by atoms with Gasteiger partial charge in [-0.2, -0.15) is 4.31 Å². The molecule has 1 N–H and O–H groups in total. The monoisotopic (exact) mass is 235 g/mol. The lowest BCUT2D eigenvalue weighted by Gasteiger charge is -2.37. The lowest BCUT2D eigenvalue weighted by Crippen LogP contribution is -2.55. The molecular formula is C9H19N2O3S. The Morgan fingerprint density at radius 3 is 2.40 bits per heavy atom. The highest BCUT2D eigenvalue weighted by molar-refractivity contribution is 7.88. The zero-order chi connectivity index (χ0) is 11.6. The van der Waals surface area contributed by atoms with Gasteiger partial charge in [-0.1, -0.05) is 13.8 Å². The van der Waals surface area contributed by atoms with Crippen LogP contribution < -0.4 is 0 Å². The van der Waals surface area contributed by atoms with Crippen LogP contribution in [0, 0.1) is 5.92 Å². The van der Waals surface area contributed by atoms with Gasteiger partial charge in [-0.25, -0.2) is 8.42 Å². The lowest BCUT2D eigenvalue weighted by molar-refractivity contribution is -0.00545. The second kappa shape index (κ2) is 4.78. The minimum Gasteiger partial charge on any atom is -0.376 e. The summed E-state index contributed by atoms with van der Waals surface area (Å²) >= 11 is 0. The Bertz CT molecular complexity index is 302. The van der Waals surface area contributed by atoms with E-state index in [0.717, 1.165) is 17.1 Å². The maximum absolute atomic E-state index is 11.3. The van der Waals surface area contributed by atoms with Crippen LogP contribution in [0.1, 0.15) is 13.8 Å². The Labute approximate surface area is 91.7 Å². The van der Waals surface area contributed by atoms with E-state index in [2.05, 4.69) is 4.90 Å². The highest BCUT2D eigenvalue weighted by Gasteiger charge is 2.31. The average Bonchev–Trinajstić information content (AvgIpc) is 1.99. The summed E-state index contributed by atoms with van der Waals surface area (Å²) in [6, 6.07) is 0. The zero-order valence-electron chi connectivity index (χ0n) is 9.47. The summed E-state index contributed by atoms with van der Waals surface area (Å²) < 4.78 is 23.7. The smallest absolute Gasteiger partial charge is 0.213 e. The molecule has 0 saturated carbocycles. The molecule has 0 aromatic rings. The maximum atomic E-state index is 11.3. The molecule has 0 amide bonds. The third-order valence-electron chi connectivity index (χ3n) is 2.36. The summed E-state index contributed by atoms with van der Waals surface area (Å²) in [5.74, 6) is 1.26. The van der Waals surface area contributed by atoms with Crippen LogP contribution in [0.25, 0.3) is 0 Å². The van der Waals surface area contributed by atoms with E-state index < -0.39 is 16.3 Å². The normalized spacial score (nSPS) is 26.1. The van der Waals surface area contributed by atoms with Gasteiger partial charge >= 0.3 is 0 Å². The van der Waals surface area contributed by atoms with Gasteiger partial charge in [0, 0.05) is 26.2 Å². The molecule has 89 valence electrons. The fourth-order valence-corrected chi connectivity index (χ4v) is 2.70. The van der Waals surface area contributed by atoms with Gasteiger partial charge in [0.1, 0.15) is 6.23 Å². The van der Waals surface area contributed by atoms with Crippen molar-refractivity contribution in [3.63, 3.8) is 0 Å². The molecule has 1 aliphatic rings. The molecule has 0 aromatic heterocycles. The van der Waals surface area contributed by atoms with E-state index in [4.69, 9.17) is 0 Å². The molecule has 6 heteroatoms. The fraction of sp³-hybridized carbons (Fsp3) is 0.889. The second-order valence-corrected chi connectivity index (χ2v) is 6.23. The molecule has 15 heavy (non-hydrogen) atoms. The van der Waals surface area contributed by atoms with Crippen molar-refractivity contribution in [3.05, 3.63) is 5.92 Å². The third kappa shape index (κ3) is 3.71. The molecule has 1 fully saturated rings. The summed E-state index contributed by atoms with van der Waals surface area (Å²) in [4.78, 5) is 2.06. The van der Waals surface area contributed by atoms with Crippen LogP contribution in [-0.4, -0.2) is 61.4 Å². The Morgan fingerprint density at radius 1 is 1.40 bits per heavy atom. The molecule has 1 saturated heterocycles. The van der Waals surface area contributed by atoms with E-state index in [1.807, 2.05) is 13.8 Å². The van der Waals surface area contributed by atoms with Crippen molar-refractivity contribution in [1.82, 2.24) is 9.21 Å². The number of hydrogen-bond acceptors (Lipinski definition) is 4. The predicted molar refractivity (Wildman–Crippen MR) is 58.6 cm³/mol. The largest absolute Gasteiger partial charge is 0.376 e. The van der Waals surface area contributed by atoms with Crippen molar-refractivity contribution in [3.8, 4) is 0 Å². The predicted octanol–water partition coefficient (Wildman–Crippen LogP) is -0.504. The van der Waals surface area contributed by atoms with Crippen LogP contribution in [0.15, 0.2) is 0 Å². The number of aliphatic hydroxyl groups excluding tert-OH is 1. The molecule has 1 atom stereocenters. The first-order valence-corrected chi connectivity index (χ1v) is 6.82. The number of piperazine rings is 1. The molecule has 5 nitrogen and oxygen atoms in total. The Hall–Kier alpha value is -0.170. The van der Waals surface area contributed by atoms with E-state index in [1.54, 1.807) is 0 Å². The number of aliphatic hydroxyl groups is 1. The minimum atomic E-state index is -3.28. The number of hydrogen-bond donors (Lipinski definition) is 1. The number of rotatable bonds is 3. The van der Waals surface area contributed by atoms with E-state index in [-0.39, 0.29) is 0 Å². The molecule has 1 radical (unpaired) electrons. The zero-order valence-corrected chi connectivity index (χ0v) is 10.3. The highest BCUT2D eigenvalue weighted by Crippen LogP contribution is 2.13. The SMILES string of the molecule is C[C](C)CN1CCN(S(C)(=O)=O)C(O)C1. The van der Waals surface area contributed by atoms with E-state index in [9.17, 15) is 13.5 Å². The van der Waals surface area contributed by atoms with E-state index >= 15 is 0 Å². The van der Waals surface area contributed by atoms with Crippen molar-refractivity contribution >= 4 is 10.0 Å². The molecule has 1 rings (SSSR count). The molecule has 0 spiro atoms. The minimum absolute atomic E-state index is 0.368. The summed E-state index contributed by atoms with van der Waals surface area (Å²) in [7, 11) is -3.28. The number of β-amino-alcohol motifs (C(OH)–C–C–N with tert-alkyl or cyclic N) is 1. The van der Waals surface area contributed by atoms with Gasteiger partial charge in [-0.05, 0) is 5.92 Å². The number of nitrogens with zero attached hydrogens (tertiary/aromatic N) is 2. The van der Waals surface area contributed by atoms with E-state index in [0.29, 0.717) is 19.6 Å². The first-order chi connectivity index (χ1) is 6.80. The Morgan fingerprint density at radius 2 is 2.00 bits per heavy atom. The Balaban J connectivity index is 2.56. The number of sulfonamides is 1. The summed E-state index contributed by atoms with van der Waals surface area (Å²) in [5, 5.41) is 9.68. The van der Waals surface area contributed by atoms with Gasteiger partial charge in [0.25, 0.3) is 0 Å². The molecule has 1 aliphatic heterocycles. The van der Waals surface area contributed by atoms with Gasteiger partial charge in [-0.3, -0.25) is 4.90 Å². The fourth-order valence-electron chi connectivity index (χ4n) is 1.78. The maximum Gasteiger partial charge on any atom is 0.213 e. The van der Waals surface area contributed by atoms with Gasteiger partial charge < -0.3 is 5.11 Å². The van der Waals surface area contributed by atoms with E-state index in [1.165, 1.54) is 5.92 Å². The summed E-state index contributed by atoms with van der Waals surface area (Å²) in [6.45, 7) is 6.29. The van der Waals surface area contributed by atoms with Crippen molar-refractivity contribution in [2.45, 2.75) is 20.1 Å². The first kappa shape index (κ1) is 12.9. The van der Waals surface area contributed by atoms with Gasteiger partial charge in [0.15, 0.2) is 0 Å². The van der Waals surface area contributed by atoms with Crippen molar-refractivity contribution < 1.29 is 13.5 Å². The molecule has 1 heterocycles. The highest BCUT2D eigenvalue weighted by atomic mass is 32.2. The standard InChI is InChI=1S/C9H19N2O3S/c1-8(2)6-10-4-5-11(9(12)7-10)15(3,13)14/h9,12H,4-7H2,1-3H3. The molecular weight excluding hydrogens is 216 g/mol. The lowest BCUT2D eigenvalue weighted by atomic mass is 10.2. The van der Waals surface area contributed by atoms with Crippen LogP contribution in [0.5, 0.6) is 0 Å².